The predicted octanol–water partition coefficient (Wildman–Crippen LogP) is 8.35. The van der Waals surface area contributed by atoms with Gasteiger partial charge in [0.25, 0.3) is 0 Å². The molecule has 0 aromatic rings. The van der Waals surface area contributed by atoms with Gasteiger partial charge in [0.15, 0.2) is 0 Å². The number of unbranched alkanes of at least 4 members (excludes halogenated alkanes) is 8. The average Bonchev–Trinajstić information content (AvgIpc) is 2.70. The molecule has 2 unspecified atom stereocenters. The first-order chi connectivity index (χ1) is 13.4. The van der Waals surface area contributed by atoms with Gasteiger partial charge in [-0.1, -0.05) is 103 Å². The van der Waals surface area contributed by atoms with Gasteiger partial charge in [0, 0.05) is 12.5 Å². The Hall–Kier alpha value is -0.550. The van der Waals surface area contributed by atoms with Crippen molar-refractivity contribution in [3.8, 4) is 6.07 Å². The van der Waals surface area contributed by atoms with Crippen molar-refractivity contribution in [1.29, 1.82) is 5.26 Å². The number of nitrogens with zero attached hydrogens (tertiary/aromatic N) is 1. The summed E-state index contributed by atoms with van der Waals surface area (Å²) < 4.78 is 6.12. The maximum absolute atomic E-state index is 9.40. The number of ether oxygens (including phenoxy) is 1. The summed E-state index contributed by atoms with van der Waals surface area (Å²) in [6, 6.07) is 2.56. The van der Waals surface area contributed by atoms with E-state index in [1.165, 1.54) is 116 Å². The van der Waals surface area contributed by atoms with E-state index in [9.17, 15) is 5.26 Å². The zero-order valence-electron chi connectivity index (χ0n) is 18.4. The van der Waals surface area contributed by atoms with Crippen molar-refractivity contribution in [2.45, 2.75) is 141 Å². The minimum absolute atomic E-state index is 0.297. The molecule has 0 radical (unpaired) electrons. The van der Waals surface area contributed by atoms with Crippen LogP contribution in [0.15, 0.2) is 0 Å². The average molecular weight is 378 g/mol. The molecular formula is C25H47NO. The van der Waals surface area contributed by atoms with Gasteiger partial charge in [-0.15, -0.1) is 0 Å². The van der Waals surface area contributed by atoms with Crippen molar-refractivity contribution in [2.24, 2.45) is 5.92 Å². The number of nitriles is 1. The Kier molecular flexibility index (Phi) is 17.0. The molecule has 1 saturated heterocycles. The molecule has 0 amide bonds. The van der Waals surface area contributed by atoms with Crippen LogP contribution in [-0.2, 0) is 4.74 Å². The highest BCUT2D eigenvalue weighted by molar-refractivity contribution is 4.82. The van der Waals surface area contributed by atoms with Crippen LogP contribution in [0.2, 0.25) is 0 Å². The van der Waals surface area contributed by atoms with Crippen molar-refractivity contribution in [1.82, 2.24) is 0 Å². The minimum Gasteiger partial charge on any atom is -0.378 e. The normalized spacial score (nSPS) is 20.1. The van der Waals surface area contributed by atoms with Crippen LogP contribution in [0, 0.1) is 17.2 Å². The van der Waals surface area contributed by atoms with E-state index in [1.807, 2.05) is 0 Å². The summed E-state index contributed by atoms with van der Waals surface area (Å²) in [5.74, 6) is 0.297. The van der Waals surface area contributed by atoms with Crippen LogP contribution in [-0.4, -0.2) is 12.7 Å². The Labute approximate surface area is 170 Å². The van der Waals surface area contributed by atoms with Crippen molar-refractivity contribution in [2.75, 3.05) is 6.61 Å². The van der Waals surface area contributed by atoms with E-state index in [2.05, 4.69) is 13.0 Å². The van der Waals surface area contributed by atoms with Gasteiger partial charge in [0.2, 0.25) is 0 Å². The Morgan fingerprint density at radius 3 is 2.07 bits per heavy atom. The molecule has 2 heteroatoms. The molecule has 0 saturated carbocycles. The van der Waals surface area contributed by atoms with E-state index in [1.54, 1.807) is 0 Å². The smallest absolute Gasteiger partial charge is 0.0655 e. The quantitative estimate of drug-likeness (QED) is 0.285. The third-order valence-corrected chi connectivity index (χ3v) is 6.19. The zero-order valence-corrected chi connectivity index (χ0v) is 18.4. The van der Waals surface area contributed by atoms with Crippen LogP contribution in [0.25, 0.3) is 0 Å². The molecule has 0 aliphatic carbocycles. The first-order valence-electron chi connectivity index (χ1n) is 12.4. The molecule has 0 aromatic carbocycles. The predicted molar refractivity (Wildman–Crippen MR) is 117 cm³/mol. The molecule has 1 rings (SSSR count). The first kappa shape index (κ1) is 24.5. The van der Waals surface area contributed by atoms with Gasteiger partial charge in [-0.05, 0) is 32.1 Å². The molecule has 1 fully saturated rings. The maximum Gasteiger partial charge on any atom is 0.0655 e. The second-order valence-electron chi connectivity index (χ2n) is 8.78. The summed E-state index contributed by atoms with van der Waals surface area (Å²) >= 11 is 0. The van der Waals surface area contributed by atoms with Gasteiger partial charge in [-0.3, -0.25) is 0 Å². The van der Waals surface area contributed by atoms with Crippen molar-refractivity contribution < 1.29 is 4.74 Å². The van der Waals surface area contributed by atoms with Gasteiger partial charge in [-0.2, -0.15) is 5.26 Å². The molecular weight excluding hydrogens is 330 g/mol. The van der Waals surface area contributed by atoms with Crippen LogP contribution in [0.5, 0.6) is 0 Å². The van der Waals surface area contributed by atoms with Crippen LogP contribution in [0.3, 0.4) is 0 Å². The molecule has 2 nitrogen and oxygen atoms in total. The summed E-state index contributed by atoms with van der Waals surface area (Å²) in [7, 11) is 0. The van der Waals surface area contributed by atoms with Crippen LogP contribution in [0.4, 0.5) is 0 Å². The Bertz CT molecular complexity index is 339. The lowest BCUT2D eigenvalue weighted by atomic mass is 9.95. The van der Waals surface area contributed by atoms with Crippen LogP contribution < -0.4 is 0 Å². The van der Waals surface area contributed by atoms with Gasteiger partial charge in [-0.25, -0.2) is 0 Å². The number of hydrogen-bond donors (Lipinski definition) is 0. The van der Waals surface area contributed by atoms with Gasteiger partial charge < -0.3 is 4.74 Å². The molecule has 27 heavy (non-hydrogen) atoms. The molecule has 1 aliphatic rings. The summed E-state index contributed by atoms with van der Waals surface area (Å²) in [5.41, 5.74) is 0. The second kappa shape index (κ2) is 18.8. The van der Waals surface area contributed by atoms with Crippen molar-refractivity contribution in [3.05, 3.63) is 0 Å². The van der Waals surface area contributed by atoms with E-state index in [0.29, 0.717) is 12.0 Å². The third-order valence-electron chi connectivity index (χ3n) is 6.19. The highest BCUT2D eigenvalue weighted by Gasteiger charge is 2.11. The topological polar surface area (TPSA) is 33.0 Å². The van der Waals surface area contributed by atoms with Crippen LogP contribution in [0.1, 0.15) is 135 Å². The molecule has 0 aromatic heterocycles. The fraction of sp³-hybridized carbons (Fsp3) is 0.960. The molecule has 1 aliphatic heterocycles. The fourth-order valence-corrected chi connectivity index (χ4v) is 4.30. The number of rotatable bonds is 14. The Morgan fingerprint density at radius 1 is 0.778 bits per heavy atom. The minimum atomic E-state index is 0.297. The monoisotopic (exact) mass is 377 g/mol. The molecule has 0 bridgehead atoms. The molecule has 0 spiro atoms. The molecule has 1 heterocycles. The first-order valence-corrected chi connectivity index (χ1v) is 12.4. The standard InChI is InChI=1S/C25H47NO/c1-2-3-4-5-6-9-13-18-24(23-26)19-14-12-16-21-25-20-15-10-7-8-11-17-22-27-25/h24-25H,2-22H2,1H3. The van der Waals surface area contributed by atoms with E-state index in [0.717, 1.165) is 19.4 Å². The van der Waals surface area contributed by atoms with E-state index in [4.69, 9.17) is 4.74 Å². The van der Waals surface area contributed by atoms with E-state index >= 15 is 0 Å². The second-order valence-corrected chi connectivity index (χ2v) is 8.78. The maximum atomic E-state index is 9.40. The van der Waals surface area contributed by atoms with Crippen molar-refractivity contribution in [3.63, 3.8) is 0 Å². The van der Waals surface area contributed by atoms with E-state index < -0.39 is 0 Å². The van der Waals surface area contributed by atoms with Gasteiger partial charge in [0.1, 0.15) is 0 Å². The van der Waals surface area contributed by atoms with E-state index in [-0.39, 0.29) is 0 Å². The SMILES string of the molecule is CCCCCCCCCC(C#N)CCCCCC1CCCCCCCCO1. The highest BCUT2D eigenvalue weighted by Crippen LogP contribution is 2.21. The lowest BCUT2D eigenvalue weighted by Crippen LogP contribution is -2.14. The number of hydrogen-bond acceptors (Lipinski definition) is 2. The summed E-state index contributed by atoms with van der Waals surface area (Å²) in [6.45, 7) is 3.24. The zero-order chi connectivity index (χ0) is 19.4. The summed E-state index contributed by atoms with van der Waals surface area (Å²) in [6.07, 6.45) is 26.6. The lowest BCUT2D eigenvalue weighted by Gasteiger charge is -2.19. The lowest BCUT2D eigenvalue weighted by molar-refractivity contribution is 0.0338. The summed E-state index contributed by atoms with van der Waals surface area (Å²) in [5, 5.41) is 9.40. The molecule has 0 N–H and O–H groups in total. The third kappa shape index (κ3) is 15.1. The Morgan fingerprint density at radius 2 is 1.37 bits per heavy atom. The van der Waals surface area contributed by atoms with Crippen LogP contribution >= 0.6 is 0 Å². The highest BCUT2D eigenvalue weighted by atomic mass is 16.5. The van der Waals surface area contributed by atoms with Gasteiger partial charge in [0.05, 0.1) is 12.2 Å². The Balaban J connectivity index is 1.99. The van der Waals surface area contributed by atoms with Crippen molar-refractivity contribution >= 4 is 0 Å². The molecule has 158 valence electrons. The van der Waals surface area contributed by atoms with Gasteiger partial charge >= 0.3 is 0 Å². The summed E-state index contributed by atoms with van der Waals surface area (Å²) in [4.78, 5) is 0. The fourth-order valence-electron chi connectivity index (χ4n) is 4.30. The largest absolute Gasteiger partial charge is 0.378 e. The molecule has 2 atom stereocenters.